The van der Waals surface area contributed by atoms with Crippen molar-refractivity contribution in [1.82, 2.24) is 0 Å². The van der Waals surface area contributed by atoms with Crippen molar-refractivity contribution in [3.8, 4) is 0 Å². The molecule has 0 saturated heterocycles. The van der Waals surface area contributed by atoms with E-state index >= 15 is 0 Å². The van der Waals surface area contributed by atoms with Crippen molar-refractivity contribution in [2.75, 3.05) is 0 Å². The van der Waals surface area contributed by atoms with E-state index in [1.54, 1.807) is 0 Å². The van der Waals surface area contributed by atoms with E-state index in [1.165, 1.54) is 0 Å². The van der Waals surface area contributed by atoms with Crippen LogP contribution in [-0.2, 0) is 85.1 Å². The van der Waals surface area contributed by atoms with Crippen LogP contribution in [0.2, 0.25) is 0 Å². The van der Waals surface area contributed by atoms with Gasteiger partial charge in [0, 0.05) is 0 Å². The third-order valence-corrected chi connectivity index (χ3v) is 1.78. The van der Waals surface area contributed by atoms with Gasteiger partial charge in [0.05, 0.1) is 59.7 Å². The van der Waals surface area contributed by atoms with Gasteiger partial charge in [0.25, 0.3) is 0 Å². The number of aliphatic carboxylic acids is 10. The summed E-state index contributed by atoms with van der Waals surface area (Å²) in [5.74, 6) is -15.5. The standard InChI is InChI=1S/5C4H4O4.2V/c5*5-3(6)1-2-4(7)8;;/h5*1-2H,(H,5,6)(H,7,8);;/q;;;;;2*+5/p-10. The minimum Gasteiger partial charge on any atom is -0.545 e. The second-order valence-electron chi connectivity index (χ2n) is 4.86. The van der Waals surface area contributed by atoms with E-state index < -0.39 is 59.7 Å². The zero-order valence-corrected chi connectivity index (χ0v) is 22.6. The van der Waals surface area contributed by atoms with Crippen LogP contribution >= 0.6 is 0 Å². The van der Waals surface area contributed by atoms with E-state index in [-0.39, 0.29) is 37.1 Å². The van der Waals surface area contributed by atoms with Crippen molar-refractivity contribution in [2.24, 2.45) is 0 Å². The molecule has 0 saturated carbocycles. The number of hydrogen-bond acceptors (Lipinski definition) is 20. The Morgan fingerprint density at radius 1 is 0.214 bits per heavy atom. The Hall–Kier alpha value is -5.43. The van der Waals surface area contributed by atoms with Crippen LogP contribution in [0.15, 0.2) is 60.8 Å². The Bertz CT molecular complexity index is 804. The zero-order valence-electron chi connectivity index (χ0n) is 19.8. The molecule has 22 heteroatoms. The SMILES string of the molecule is O=C([O-])C=CC(=O)[O-].O=C([O-])C=CC(=O)[O-].O=C([O-])C=CC(=O)[O-].O=C([O-])C=CC(=O)[O-].O=C([O-])C=CC(=O)[O-].[V+5].[V+5]. The van der Waals surface area contributed by atoms with Gasteiger partial charge in [-0.2, -0.15) is 0 Å². The average Bonchev–Trinajstić information content (AvgIpc) is 2.79. The minimum absolute atomic E-state index is 0. The molecule has 0 N–H and O–H groups in total. The molecule has 220 valence electrons. The molecule has 42 heavy (non-hydrogen) atoms. The molecule has 20 nitrogen and oxygen atoms in total. The number of rotatable bonds is 10. The molecule has 0 aromatic heterocycles. The summed E-state index contributed by atoms with van der Waals surface area (Å²) in [4.78, 5) is 94.1. The molecule has 0 rings (SSSR count). The van der Waals surface area contributed by atoms with Crippen molar-refractivity contribution in [1.29, 1.82) is 0 Å². The maximum atomic E-state index is 9.41. The van der Waals surface area contributed by atoms with Gasteiger partial charge < -0.3 is 99.0 Å². The number of carboxylic acid groups (broad SMARTS) is 10. The van der Waals surface area contributed by atoms with Crippen LogP contribution in [0.5, 0.6) is 0 Å². The third-order valence-electron chi connectivity index (χ3n) is 1.78. The molecule has 0 aliphatic carbocycles. The van der Waals surface area contributed by atoms with Gasteiger partial charge in [-0.25, -0.2) is 0 Å². The van der Waals surface area contributed by atoms with Gasteiger partial charge >= 0.3 is 37.1 Å². The molecule has 0 aromatic carbocycles. The predicted octanol–water partition coefficient (Wildman–Crippen LogP) is -14.8. The molecule has 0 aliphatic heterocycles. The number of carbonyl (C=O) groups is 10. The van der Waals surface area contributed by atoms with E-state index in [0.717, 1.165) is 0 Å². The maximum absolute atomic E-state index is 9.41. The monoisotopic (exact) mass is 672 g/mol. The van der Waals surface area contributed by atoms with Gasteiger partial charge in [0.15, 0.2) is 0 Å². The summed E-state index contributed by atoms with van der Waals surface area (Å²) in [5, 5.41) is 94.1. The summed E-state index contributed by atoms with van der Waals surface area (Å²) in [6.07, 6.45) is 3.84. The average molecular weight is 672 g/mol. The van der Waals surface area contributed by atoms with Crippen LogP contribution in [0.4, 0.5) is 0 Å². The Morgan fingerprint density at radius 3 is 0.286 bits per heavy atom. The smallest absolute Gasteiger partial charge is 0.545 e. The van der Waals surface area contributed by atoms with Gasteiger partial charge in [0.2, 0.25) is 0 Å². The first-order valence-electron chi connectivity index (χ1n) is 8.64. The summed E-state index contributed by atoms with van der Waals surface area (Å²) >= 11 is 0. The summed E-state index contributed by atoms with van der Waals surface area (Å²) in [6, 6.07) is 0. The quantitative estimate of drug-likeness (QED) is 0.194. The number of carboxylic acids is 10. The van der Waals surface area contributed by atoms with Crippen molar-refractivity contribution in [3.63, 3.8) is 0 Å². The first-order chi connectivity index (χ1) is 18.1. The Labute approximate surface area is 256 Å². The third kappa shape index (κ3) is 102. The maximum Gasteiger partial charge on any atom is 5.00 e. The summed E-state index contributed by atoms with van der Waals surface area (Å²) < 4.78 is 0. The van der Waals surface area contributed by atoms with Crippen LogP contribution < -0.4 is 51.1 Å². The zero-order chi connectivity index (χ0) is 32.8. The summed E-state index contributed by atoms with van der Waals surface area (Å²) in [6.45, 7) is 0. The van der Waals surface area contributed by atoms with Gasteiger partial charge in [0.1, 0.15) is 0 Å². The second kappa shape index (κ2) is 35.6. The first kappa shape index (κ1) is 52.9. The molecule has 0 aromatic rings. The van der Waals surface area contributed by atoms with Crippen molar-refractivity contribution in [2.45, 2.75) is 0 Å². The topological polar surface area (TPSA) is 401 Å². The predicted molar refractivity (Wildman–Crippen MR) is 95.8 cm³/mol. The van der Waals surface area contributed by atoms with Crippen molar-refractivity contribution < 1.29 is 136 Å². The molecule has 0 bridgehead atoms. The summed E-state index contributed by atoms with van der Waals surface area (Å²) in [7, 11) is 0. The molecule has 0 unspecified atom stereocenters. The molecule has 0 heterocycles. The summed E-state index contributed by atoms with van der Waals surface area (Å²) in [5.41, 5.74) is 0. The molecule has 0 radical (unpaired) electrons. The minimum atomic E-state index is -1.55. The van der Waals surface area contributed by atoms with Gasteiger partial charge in [-0.05, 0) is 60.8 Å². The van der Waals surface area contributed by atoms with E-state index in [1.807, 2.05) is 0 Å². The van der Waals surface area contributed by atoms with Crippen molar-refractivity contribution in [3.05, 3.63) is 60.8 Å². The van der Waals surface area contributed by atoms with Gasteiger partial charge in [-0.3, -0.25) is 0 Å². The van der Waals surface area contributed by atoms with E-state index in [2.05, 4.69) is 0 Å². The molecular weight excluding hydrogens is 662 g/mol. The fraction of sp³-hybridized carbons (Fsp3) is 0. The number of hydrogen-bond donors (Lipinski definition) is 0. The van der Waals surface area contributed by atoms with Crippen LogP contribution in [-0.4, -0.2) is 59.7 Å². The van der Waals surface area contributed by atoms with E-state index in [0.29, 0.717) is 60.8 Å². The van der Waals surface area contributed by atoms with E-state index in [9.17, 15) is 99.0 Å². The Balaban J connectivity index is -0.0000000721. The normalized spacial score (nSPS) is 9.05. The molecule has 0 aliphatic rings. The van der Waals surface area contributed by atoms with Crippen LogP contribution in [0, 0.1) is 0 Å². The second-order valence-corrected chi connectivity index (χ2v) is 4.86. The van der Waals surface area contributed by atoms with Gasteiger partial charge in [-0.15, -0.1) is 0 Å². The van der Waals surface area contributed by atoms with Crippen LogP contribution in [0.1, 0.15) is 0 Å². The van der Waals surface area contributed by atoms with E-state index in [4.69, 9.17) is 0 Å². The molecule has 0 amide bonds. The largest absolute Gasteiger partial charge is 5.00 e. The number of carbonyl (C=O) groups excluding carboxylic acids is 10. The van der Waals surface area contributed by atoms with Gasteiger partial charge in [-0.1, -0.05) is 0 Å². The Morgan fingerprint density at radius 2 is 0.262 bits per heavy atom. The molecule has 0 atom stereocenters. The van der Waals surface area contributed by atoms with Crippen molar-refractivity contribution >= 4 is 59.7 Å². The first-order valence-corrected chi connectivity index (χ1v) is 8.64. The van der Waals surface area contributed by atoms with Crippen LogP contribution in [0.25, 0.3) is 0 Å². The van der Waals surface area contributed by atoms with Crippen LogP contribution in [0.3, 0.4) is 0 Å². The fourth-order valence-electron chi connectivity index (χ4n) is 0.680. The molecule has 0 fully saturated rings. The Kier molecular flexibility index (Phi) is 44.8. The fourth-order valence-corrected chi connectivity index (χ4v) is 0.680. The molecular formula is C20H10O20V2. The molecule has 0 spiro atoms.